The van der Waals surface area contributed by atoms with Crippen LogP contribution in [-0.4, -0.2) is 44.6 Å². The van der Waals surface area contributed by atoms with Crippen LogP contribution in [0.25, 0.3) is 0 Å². The van der Waals surface area contributed by atoms with E-state index in [1.165, 1.54) is 18.4 Å². The lowest BCUT2D eigenvalue weighted by molar-refractivity contribution is 0.0159. The lowest BCUT2D eigenvalue weighted by atomic mass is 9.75. The van der Waals surface area contributed by atoms with Crippen LogP contribution in [0.3, 0.4) is 0 Å². The first-order chi connectivity index (χ1) is 9.74. The summed E-state index contributed by atoms with van der Waals surface area (Å²) in [4.78, 5) is 0. The van der Waals surface area contributed by atoms with Crippen molar-refractivity contribution < 1.29 is 4.74 Å². The van der Waals surface area contributed by atoms with Crippen molar-refractivity contribution in [3.8, 4) is 0 Å². The monoisotopic (exact) mass is 294 g/mol. The van der Waals surface area contributed by atoms with Gasteiger partial charge in [-0.3, -0.25) is 4.67 Å². The van der Waals surface area contributed by atoms with E-state index >= 15 is 0 Å². The molecule has 1 atom stereocenters. The van der Waals surface area contributed by atoms with Crippen LogP contribution in [0.2, 0.25) is 0 Å². The van der Waals surface area contributed by atoms with Crippen molar-refractivity contribution in [2.45, 2.75) is 19.3 Å². The summed E-state index contributed by atoms with van der Waals surface area (Å²) in [7, 11) is 4.80. The second kappa shape index (κ2) is 8.09. The van der Waals surface area contributed by atoms with E-state index in [1.807, 2.05) is 7.05 Å². The fourth-order valence-electron chi connectivity index (χ4n) is 2.86. The highest BCUT2D eigenvalue weighted by atomic mass is 31.0. The molecule has 1 aromatic rings. The standard InChI is InChI=1S/C16H27N2OP/c1-17-9-12-19-14-16(7-10-18(20)11-8-16)13-15-5-3-2-4-6-15/h2-6,17H,7-14,20H2,1H3. The number of piperidine rings is 1. The third kappa shape index (κ3) is 4.82. The Balaban J connectivity index is 1.96. The molecule has 1 aliphatic rings. The Labute approximate surface area is 125 Å². The average Bonchev–Trinajstić information content (AvgIpc) is 2.48. The summed E-state index contributed by atoms with van der Waals surface area (Å²) in [5.41, 5.74) is 1.74. The fraction of sp³-hybridized carbons (Fsp3) is 0.625. The second-order valence-corrected chi connectivity index (χ2v) is 6.58. The molecule has 0 aliphatic carbocycles. The van der Waals surface area contributed by atoms with E-state index in [1.54, 1.807) is 0 Å². The van der Waals surface area contributed by atoms with Gasteiger partial charge in [-0.15, -0.1) is 0 Å². The Hall–Kier alpha value is -0.470. The molecule has 3 nitrogen and oxygen atoms in total. The minimum absolute atomic E-state index is 0.308. The SMILES string of the molecule is CNCCOCC1(Cc2ccccc2)CCN(P)CC1. The zero-order valence-electron chi connectivity index (χ0n) is 12.5. The van der Waals surface area contributed by atoms with Gasteiger partial charge in [0.05, 0.1) is 13.2 Å². The zero-order chi connectivity index (χ0) is 14.3. The number of hydrogen-bond donors (Lipinski definition) is 1. The molecule has 1 saturated heterocycles. The van der Waals surface area contributed by atoms with Gasteiger partial charge in [0.25, 0.3) is 0 Å². The number of ether oxygens (including phenoxy) is 1. The van der Waals surface area contributed by atoms with Crippen molar-refractivity contribution >= 4 is 9.39 Å². The summed E-state index contributed by atoms with van der Waals surface area (Å²) >= 11 is 0. The highest BCUT2D eigenvalue weighted by molar-refractivity contribution is 7.13. The maximum Gasteiger partial charge on any atom is 0.0591 e. The third-order valence-corrected chi connectivity index (χ3v) is 4.70. The Morgan fingerprint density at radius 1 is 1.25 bits per heavy atom. The van der Waals surface area contributed by atoms with E-state index in [-0.39, 0.29) is 0 Å². The van der Waals surface area contributed by atoms with Crippen molar-refractivity contribution in [2.75, 3.05) is 39.9 Å². The van der Waals surface area contributed by atoms with Crippen molar-refractivity contribution in [3.05, 3.63) is 35.9 Å². The summed E-state index contributed by atoms with van der Waals surface area (Å²) in [6.45, 7) is 4.90. The summed E-state index contributed by atoms with van der Waals surface area (Å²) < 4.78 is 8.28. The van der Waals surface area contributed by atoms with Gasteiger partial charge in [0, 0.05) is 25.0 Å². The number of likely N-dealkylation sites (N-methyl/N-ethyl adjacent to an activating group) is 1. The molecule has 0 saturated carbocycles. The van der Waals surface area contributed by atoms with Gasteiger partial charge >= 0.3 is 0 Å². The predicted octanol–water partition coefficient (Wildman–Crippen LogP) is 2.34. The molecule has 1 heterocycles. The van der Waals surface area contributed by atoms with E-state index in [0.29, 0.717) is 5.41 Å². The lowest BCUT2D eigenvalue weighted by Crippen LogP contribution is -2.40. The molecule has 0 radical (unpaired) electrons. The van der Waals surface area contributed by atoms with Gasteiger partial charge in [-0.25, -0.2) is 0 Å². The summed E-state index contributed by atoms with van der Waals surface area (Å²) in [5.74, 6) is 0. The molecule has 0 spiro atoms. The molecule has 1 aliphatic heterocycles. The van der Waals surface area contributed by atoms with Crippen LogP contribution in [0.15, 0.2) is 30.3 Å². The highest BCUT2D eigenvalue weighted by Gasteiger charge is 2.34. The minimum Gasteiger partial charge on any atom is -0.380 e. The molecule has 1 fully saturated rings. The highest BCUT2D eigenvalue weighted by Crippen LogP contribution is 2.36. The van der Waals surface area contributed by atoms with Crippen LogP contribution in [0, 0.1) is 5.41 Å². The molecule has 0 aromatic heterocycles. The van der Waals surface area contributed by atoms with Gasteiger partial charge in [0.1, 0.15) is 0 Å². The molecule has 1 aromatic carbocycles. The maximum atomic E-state index is 5.94. The number of hydrogen-bond acceptors (Lipinski definition) is 3. The molecular formula is C16H27N2OP. The molecule has 20 heavy (non-hydrogen) atoms. The first kappa shape index (κ1) is 15.9. The Morgan fingerprint density at radius 2 is 1.95 bits per heavy atom. The van der Waals surface area contributed by atoms with Crippen LogP contribution in [0.1, 0.15) is 18.4 Å². The summed E-state index contributed by atoms with van der Waals surface area (Å²) in [6.07, 6.45) is 3.56. The predicted molar refractivity (Wildman–Crippen MR) is 87.8 cm³/mol. The first-order valence-corrected chi connectivity index (χ1v) is 8.02. The van der Waals surface area contributed by atoms with Crippen molar-refractivity contribution in [3.63, 3.8) is 0 Å². The molecular weight excluding hydrogens is 267 g/mol. The van der Waals surface area contributed by atoms with Crippen LogP contribution in [0.5, 0.6) is 0 Å². The molecule has 0 bridgehead atoms. The average molecular weight is 294 g/mol. The van der Waals surface area contributed by atoms with E-state index in [9.17, 15) is 0 Å². The Bertz CT molecular complexity index is 377. The topological polar surface area (TPSA) is 24.5 Å². The number of benzene rings is 1. The normalized spacial score (nSPS) is 19.1. The van der Waals surface area contributed by atoms with Gasteiger partial charge in [-0.2, -0.15) is 0 Å². The molecule has 112 valence electrons. The smallest absolute Gasteiger partial charge is 0.0591 e. The molecule has 0 amide bonds. The van der Waals surface area contributed by atoms with E-state index in [0.717, 1.165) is 39.3 Å². The van der Waals surface area contributed by atoms with Crippen molar-refractivity contribution in [1.82, 2.24) is 9.99 Å². The van der Waals surface area contributed by atoms with Crippen LogP contribution < -0.4 is 5.32 Å². The molecule has 1 N–H and O–H groups in total. The molecule has 1 unspecified atom stereocenters. The van der Waals surface area contributed by atoms with Crippen LogP contribution in [0.4, 0.5) is 0 Å². The Kier molecular flexibility index (Phi) is 6.44. The largest absolute Gasteiger partial charge is 0.380 e. The molecule has 2 rings (SSSR count). The Morgan fingerprint density at radius 3 is 2.60 bits per heavy atom. The minimum atomic E-state index is 0.308. The van der Waals surface area contributed by atoms with Crippen LogP contribution >= 0.6 is 9.39 Å². The van der Waals surface area contributed by atoms with Crippen LogP contribution in [-0.2, 0) is 11.2 Å². The quantitative estimate of drug-likeness (QED) is 0.617. The van der Waals surface area contributed by atoms with Gasteiger partial charge < -0.3 is 10.1 Å². The van der Waals surface area contributed by atoms with Gasteiger partial charge in [0.2, 0.25) is 0 Å². The summed E-state index contributed by atoms with van der Waals surface area (Å²) in [6, 6.07) is 10.8. The van der Waals surface area contributed by atoms with Crippen molar-refractivity contribution in [2.24, 2.45) is 5.41 Å². The van der Waals surface area contributed by atoms with E-state index in [4.69, 9.17) is 4.74 Å². The number of rotatable bonds is 7. The number of nitrogens with one attached hydrogen (secondary N) is 1. The lowest BCUT2D eigenvalue weighted by Gasteiger charge is -2.40. The van der Waals surface area contributed by atoms with E-state index in [2.05, 4.69) is 49.7 Å². The van der Waals surface area contributed by atoms with Gasteiger partial charge in [-0.1, -0.05) is 39.7 Å². The van der Waals surface area contributed by atoms with Crippen molar-refractivity contribution in [1.29, 1.82) is 0 Å². The molecule has 4 heteroatoms. The summed E-state index contributed by atoms with van der Waals surface area (Å²) in [5, 5.41) is 3.14. The second-order valence-electron chi connectivity index (χ2n) is 5.85. The maximum absolute atomic E-state index is 5.94. The van der Waals surface area contributed by atoms with E-state index < -0.39 is 0 Å². The van der Waals surface area contributed by atoms with Gasteiger partial charge in [0.15, 0.2) is 0 Å². The van der Waals surface area contributed by atoms with Gasteiger partial charge in [-0.05, 0) is 31.9 Å². The third-order valence-electron chi connectivity index (χ3n) is 4.19. The number of nitrogens with zero attached hydrogens (tertiary/aromatic N) is 1. The zero-order valence-corrected chi connectivity index (χ0v) is 13.6. The first-order valence-electron chi connectivity index (χ1n) is 7.50. The fourth-order valence-corrected chi connectivity index (χ4v) is 3.12.